The highest BCUT2D eigenvalue weighted by Crippen LogP contribution is 2.29. The van der Waals surface area contributed by atoms with Gasteiger partial charge >= 0.3 is 0 Å². The first-order valence-corrected chi connectivity index (χ1v) is 7.83. The van der Waals surface area contributed by atoms with Crippen LogP contribution in [0.4, 0.5) is 0 Å². The first kappa shape index (κ1) is 13.8. The molecule has 0 saturated heterocycles. The van der Waals surface area contributed by atoms with Crippen molar-refractivity contribution in [1.29, 1.82) is 0 Å². The van der Waals surface area contributed by atoms with Crippen LogP contribution in [-0.2, 0) is 9.59 Å². The summed E-state index contributed by atoms with van der Waals surface area (Å²) in [7, 11) is 0. The largest absolute Gasteiger partial charge is 0.299 e. The van der Waals surface area contributed by atoms with Gasteiger partial charge < -0.3 is 0 Å². The van der Waals surface area contributed by atoms with Gasteiger partial charge in [-0.2, -0.15) is 0 Å². The maximum absolute atomic E-state index is 11.6. The number of carbonyl (C=O) groups excluding carboxylic acids is 2. The molecule has 2 aliphatic rings. The molecule has 0 unspecified atom stereocenters. The van der Waals surface area contributed by atoms with Crippen molar-refractivity contribution >= 4 is 11.6 Å². The Balaban J connectivity index is 1.41. The summed E-state index contributed by atoms with van der Waals surface area (Å²) in [6, 6.07) is 0. The van der Waals surface area contributed by atoms with E-state index in [1.807, 2.05) is 0 Å². The van der Waals surface area contributed by atoms with Gasteiger partial charge in [0.05, 0.1) is 0 Å². The maximum atomic E-state index is 11.6. The van der Waals surface area contributed by atoms with Crippen molar-refractivity contribution in [3.05, 3.63) is 0 Å². The minimum atomic E-state index is 0.408. The van der Waals surface area contributed by atoms with Crippen LogP contribution >= 0.6 is 0 Å². The fourth-order valence-corrected chi connectivity index (χ4v) is 2.82. The highest BCUT2D eigenvalue weighted by atomic mass is 16.1. The fourth-order valence-electron chi connectivity index (χ4n) is 2.82. The molecule has 0 atom stereocenters. The molecule has 2 fully saturated rings. The van der Waals surface area contributed by atoms with Gasteiger partial charge in [-0.05, 0) is 38.5 Å². The summed E-state index contributed by atoms with van der Waals surface area (Å²) in [4.78, 5) is 23.3. The molecule has 0 radical (unpaired) electrons. The van der Waals surface area contributed by atoms with E-state index in [4.69, 9.17) is 0 Å². The standard InChI is InChI=1S/C16H26O2/c17-15(13-7-5-8-13)11-3-1-2-4-12-16(18)14-9-6-10-14/h13-14H,1-12H2. The fraction of sp³-hybridized carbons (Fsp3) is 0.875. The van der Waals surface area contributed by atoms with Gasteiger partial charge in [0, 0.05) is 24.7 Å². The molecule has 2 nitrogen and oxygen atoms in total. The van der Waals surface area contributed by atoms with Crippen LogP contribution in [0.1, 0.15) is 77.0 Å². The van der Waals surface area contributed by atoms with E-state index < -0.39 is 0 Å². The molecule has 102 valence electrons. The van der Waals surface area contributed by atoms with Crippen LogP contribution in [0.25, 0.3) is 0 Å². The highest BCUT2D eigenvalue weighted by Gasteiger charge is 2.25. The lowest BCUT2D eigenvalue weighted by Crippen LogP contribution is -2.21. The zero-order valence-corrected chi connectivity index (χ0v) is 11.5. The molecular weight excluding hydrogens is 224 g/mol. The molecule has 2 heteroatoms. The molecule has 0 bridgehead atoms. The lowest BCUT2D eigenvalue weighted by atomic mass is 9.80. The quantitative estimate of drug-likeness (QED) is 0.578. The van der Waals surface area contributed by atoms with Gasteiger partial charge in [0.1, 0.15) is 11.6 Å². The van der Waals surface area contributed by atoms with Crippen molar-refractivity contribution in [1.82, 2.24) is 0 Å². The third kappa shape index (κ3) is 3.93. The predicted molar refractivity (Wildman–Crippen MR) is 72.4 cm³/mol. The van der Waals surface area contributed by atoms with E-state index in [-0.39, 0.29) is 0 Å². The molecule has 0 aromatic rings. The molecule has 0 aromatic heterocycles. The second-order valence-electron chi connectivity index (χ2n) is 6.10. The van der Waals surface area contributed by atoms with Crippen molar-refractivity contribution in [2.24, 2.45) is 11.8 Å². The van der Waals surface area contributed by atoms with Crippen molar-refractivity contribution in [2.75, 3.05) is 0 Å². The monoisotopic (exact) mass is 250 g/mol. The average molecular weight is 250 g/mol. The van der Waals surface area contributed by atoms with Gasteiger partial charge in [0.2, 0.25) is 0 Å². The van der Waals surface area contributed by atoms with Crippen molar-refractivity contribution in [3.8, 4) is 0 Å². The van der Waals surface area contributed by atoms with Gasteiger partial charge in [-0.15, -0.1) is 0 Å². The third-order valence-electron chi connectivity index (χ3n) is 4.72. The molecular formula is C16H26O2. The lowest BCUT2D eigenvalue weighted by molar-refractivity contribution is -0.126. The topological polar surface area (TPSA) is 34.1 Å². The predicted octanol–water partition coefficient (Wildman–Crippen LogP) is 4.07. The first-order chi connectivity index (χ1) is 8.77. The number of carbonyl (C=O) groups is 2. The molecule has 0 N–H and O–H groups in total. The second-order valence-corrected chi connectivity index (χ2v) is 6.10. The minimum absolute atomic E-state index is 0.408. The minimum Gasteiger partial charge on any atom is -0.299 e. The second kappa shape index (κ2) is 7.06. The average Bonchev–Trinajstić information content (AvgIpc) is 2.17. The number of hydrogen-bond acceptors (Lipinski definition) is 2. The summed E-state index contributed by atoms with van der Waals surface area (Å²) in [5.41, 5.74) is 0. The summed E-state index contributed by atoms with van der Waals surface area (Å²) >= 11 is 0. The van der Waals surface area contributed by atoms with Crippen LogP contribution in [-0.4, -0.2) is 11.6 Å². The van der Waals surface area contributed by atoms with E-state index in [1.54, 1.807) is 0 Å². The van der Waals surface area contributed by atoms with Crippen molar-refractivity contribution in [2.45, 2.75) is 77.0 Å². The number of rotatable bonds is 9. The smallest absolute Gasteiger partial charge is 0.135 e. The van der Waals surface area contributed by atoms with Crippen molar-refractivity contribution < 1.29 is 9.59 Å². The van der Waals surface area contributed by atoms with E-state index >= 15 is 0 Å². The van der Waals surface area contributed by atoms with E-state index in [1.165, 1.54) is 12.8 Å². The van der Waals surface area contributed by atoms with Crippen LogP contribution in [0, 0.1) is 11.8 Å². The first-order valence-electron chi connectivity index (χ1n) is 7.83. The Kier molecular flexibility index (Phi) is 5.40. The Morgan fingerprint density at radius 3 is 1.33 bits per heavy atom. The van der Waals surface area contributed by atoms with Gasteiger partial charge in [-0.1, -0.05) is 25.7 Å². The van der Waals surface area contributed by atoms with Crippen LogP contribution in [0.2, 0.25) is 0 Å². The summed E-state index contributed by atoms with van der Waals surface area (Å²) in [5.74, 6) is 1.80. The summed E-state index contributed by atoms with van der Waals surface area (Å²) < 4.78 is 0. The van der Waals surface area contributed by atoms with Gasteiger partial charge in [0.15, 0.2) is 0 Å². The molecule has 0 amide bonds. The van der Waals surface area contributed by atoms with E-state index in [0.717, 1.165) is 64.2 Å². The van der Waals surface area contributed by atoms with E-state index in [9.17, 15) is 9.59 Å². The van der Waals surface area contributed by atoms with Gasteiger partial charge in [0.25, 0.3) is 0 Å². The third-order valence-corrected chi connectivity index (χ3v) is 4.72. The highest BCUT2D eigenvalue weighted by molar-refractivity contribution is 5.82. The lowest BCUT2D eigenvalue weighted by Gasteiger charge is -2.24. The Morgan fingerprint density at radius 1 is 0.667 bits per heavy atom. The SMILES string of the molecule is O=C(CCCCCCC(=O)C1CCC1)C1CCC1. The molecule has 18 heavy (non-hydrogen) atoms. The summed E-state index contributed by atoms with van der Waals surface area (Å²) in [5, 5.41) is 0. The maximum Gasteiger partial charge on any atom is 0.135 e. The molecule has 0 spiro atoms. The van der Waals surface area contributed by atoms with Crippen molar-refractivity contribution in [3.63, 3.8) is 0 Å². The number of ketones is 2. The molecule has 2 saturated carbocycles. The molecule has 0 aliphatic heterocycles. The number of Topliss-reactive ketones (excluding diaryl/α,β-unsaturated/α-hetero) is 2. The Labute approximate surface area is 111 Å². The number of hydrogen-bond donors (Lipinski definition) is 0. The zero-order valence-electron chi connectivity index (χ0n) is 11.5. The zero-order chi connectivity index (χ0) is 12.8. The molecule has 0 heterocycles. The number of unbranched alkanes of at least 4 members (excludes halogenated alkanes) is 3. The van der Waals surface area contributed by atoms with Gasteiger partial charge in [-0.3, -0.25) is 9.59 Å². The Bertz CT molecular complexity index is 257. The summed E-state index contributed by atoms with van der Waals surface area (Å²) in [6.07, 6.45) is 12.9. The van der Waals surface area contributed by atoms with Crippen LogP contribution in [0.5, 0.6) is 0 Å². The molecule has 2 aliphatic carbocycles. The van der Waals surface area contributed by atoms with Crippen LogP contribution in [0.3, 0.4) is 0 Å². The van der Waals surface area contributed by atoms with E-state index in [0.29, 0.717) is 23.4 Å². The van der Waals surface area contributed by atoms with Gasteiger partial charge in [-0.25, -0.2) is 0 Å². The van der Waals surface area contributed by atoms with E-state index in [2.05, 4.69) is 0 Å². The molecule has 0 aromatic carbocycles. The molecule has 2 rings (SSSR count). The summed E-state index contributed by atoms with van der Waals surface area (Å²) in [6.45, 7) is 0. The van der Waals surface area contributed by atoms with Crippen LogP contribution < -0.4 is 0 Å². The van der Waals surface area contributed by atoms with Crippen LogP contribution in [0.15, 0.2) is 0 Å². The normalized spacial score (nSPS) is 20.2. The Hall–Kier alpha value is -0.660. The Morgan fingerprint density at radius 2 is 1.06 bits per heavy atom.